The van der Waals surface area contributed by atoms with Gasteiger partial charge in [0, 0.05) is 11.6 Å². The molecule has 1 aromatic rings. The van der Waals surface area contributed by atoms with E-state index in [2.05, 4.69) is 0 Å². The Morgan fingerprint density at radius 2 is 2.38 bits per heavy atom. The third-order valence-corrected chi connectivity index (χ3v) is 2.94. The lowest BCUT2D eigenvalue weighted by Crippen LogP contribution is -2.09. The smallest absolute Gasteiger partial charge is 0.197 e. The first-order valence-corrected chi connectivity index (χ1v) is 5.13. The molecule has 0 saturated heterocycles. The summed E-state index contributed by atoms with van der Waals surface area (Å²) in [6.45, 7) is 0. The summed E-state index contributed by atoms with van der Waals surface area (Å²) < 4.78 is 4.99. The van der Waals surface area contributed by atoms with Crippen molar-refractivity contribution in [1.82, 2.24) is 0 Å². The predicted octanol–water partition coefficient (Wildman–Crippen LogP) is 3.12. The Morgan fingerprint density at radius 3 is 2.92 bits per heavy atom. The molecule has 1 aliphatic rings. The molecule has 3 heteroatoms. The Hall–Kier alpha value is -0.470. The van der Waals surface area contributed by atoms with Crippen LogP contribution in [0.1, 0.15) is 37.3 Å². The summed E-state index contributed by atoms with van der Waals surface area (Å²) in [6, 6.07) is 1.91. The van der Waals surface area contributed by atoms with E-state index < -0.39 is 0 Å². The van der Waals surface area contributed by atoms with E-state index in [4.69, 9.17) is 21.8 Å². The number of furan rings is 1. The van der Waals surface area contributed by atoms with Gasteiger partial charge in [0.05, 0.1) is 6.26 Å². The van der Waals surface area contributed by atoms with Crippen molar-refractivity contribution in [3.63, 3.8) is 0 Å². The Bertz CT molecular complexity index is 280. The minimum absolute atomic E-state index is 0.0480. The molecule has 1 fully saturated rings. The van der Waals surface area contributed by atoms with Crippen molar-refractivity contribution in [2.45, 2.75) is 31.7 Å². The number of hydrogen-bond acceptors (Lipinski definition) is 2. The van der Waals surface area contributed by atoms with Crippen molar-refractivity contribution in [3.05, 3.63) is 23.1 Å². The number of halogens is 1. The Kier molecular flexibility index (Phi) is 2.61. The van der Waals surface area contributed by atoms with Crippen LogP contribution >= 0.6 is 11.6 Å². The van der Waals surface area contributed by atoms with Crippen LogP contribution in [0.25, 0.3) is 0 Å². The molecular weight excluding hydrogens is 186 g/mol. The molecule has 2 nitrogen and oxygen atoms in total. The molecule has 0 aliphatic heterocycles. The molecule has 0 bridgehead atoms. The third kappa shape index (κ3) is 2.26. The molecule has 2 rings (SSSR count). The molecule has 1 unspecified atom stereocenters. The fourth-order valence-corrected chi connectivity index (χ4v) is 1.80. The summed E-state index contributed by atoms with van der Waals surface area (Å²) in [6.07, 6.45) is 6.60. The molecule has 0 aromatic carbocycles. The minimum atomic E-state index is 0.0480. The van der Waals surface area contributed by atoms with Crippen LogP contribution in [0.4, 0.5) is 0 Å². The Morgan fingerprint density at radius 1 is 1.62 bits per heavy atom. The van der Waals surface area contributed by atoms with Gasteiger partial charge in [0.25, 0.3) is 0 Å². The molecule has 1 saturated carbocycles. The fraction of sp³-hybridized carbons (Fsp3) is 0.600. The summed E-state index contributed by atoms with van der Waals surface area (Å²) in [7, 11) is 0. The van der Waals surface area contributed by atoms with Gasteiger partial charge in [0.2, 0.25) is 0 Å². The van der Waals surface area contributed by atoms with E-state index >= 15 is 0 Å². The Balaban J connectivity index is 1.88. The molecule has 2 N–H and O–H groups in total. The van der Waals surface area contributed by atoms with Gasteiger partial charge in [0.15, 0.2) is 5.22 Å². The van der Waals surface area contributed by atoms with Crippen LogP contribution in [0.15, 0.2) is 16.7 Å². The zero-order valence-corrected chi connectivity index (χ0v) is 8.26. The SMILES string of the molecule is NC(CCC1CC1)c1ccoc1Cl. The second-order valence-electron chi connectivity index (χ2n) is 3.78. The lowest BCUT2D eigenvalue weighted by Gasteiger charge is -2.08. The van der Waals surface area contributed by atoms with Gasteiger partial charge < -0.3 is 10.2 Å². The second-order valence-corrected chi connectivity index (χ2v) is 4.12. The summed E-state index contributed by atoms with van der Waals surface area (Å²) in [5, 5.41) is 0.447. The summed E-state index contributed by atoms with van der Waals surface area (Å²) in [4.78, 5) is 0. The van der Waals surface area contributed by atoms with Gasteiger partial charge in [-0.1, -0.05) is 12.8 Å². The van der Waals surface area contributed by atoms with Crippen LogP contribution in [-0.2, 0) is 0 Å². The maximum atomic E-state index is 5.97. The van der Waals surface area contributed by atoms with E-state index in [-0.39, 0.29) is 6.04 Å². The van der Waals surface area contributed by atoms with E-state index in [1.165, 1.54) is 19.3 Å². The molecule has 1 aromatic heterocycles. The van der Waals surface area contributed by atoms with Crippen molar-refractivity contribution in [1.29, 1.82) is 0 Å². The number of hydrogen-bond donors (Lipinski definition) is 1. The average Bonchev–Trinajstić information content (AvgIpc) is 2.84. The van der Waals surface area contributed by atoms with Crippen LogP contribution < -0.4 is 5.73 Å². The normalized spacial score (nSPS) is 18.9. The largest absolute Gasteiger partial charge is 0.453 e. The van der Waals surface area contributed by atoms with Gasteiger partial charge >= 0.3 is 0 Å². The standard InChI is InChI=1S/C10H14ClNO/c11-10-8(5-6-13-10)9(12)4-3-7-1-2-7/h5-7,9H,1-4,12H2. The summed E-state index contributed by atoms with van der Waals surface area (Å²) >= 11 is 5.82. The van der Waals surface area contributed by atoms with Gasteiger partial charge in [-0.15, -0.1) is 0 Å². The first-order valence-electron chi connectivity index (χ1n) is 4.76. The van der Waals surface area contributed by atoms with Gasteiger partial charge in [-0.25, -0.2) is 0 Å². The highest BCUT2D eigenvalue weighted by Crippen LogP contribution is 2.36. The summed E-state index contributed by atoms with van der Waals surface area (Å²) in [5.41, 5.74) is 6.92. The maximum absolute atomic E-state index is 5.97. The van der Waals surface area contributed by atoms with Crippen molar-refractivity contribution in [2.24, 2.45) is 11.7 Å². The van der Waals surface area contributed by atoms with E-state index in [0.29, 0.717) is 5.22 Å². The van der Waals surface area contributed by atoms with Crippen molar-refractivity contribution >= 4 is 11.6 Å². The van der Waals surface area contributed by atoms with Gasteiger partial charge in [-0.2, -0.15) is 0 Å². The maximum Gasteiger partial charge on any atom is 0.197 e. The van der Waals surface area contributed by atoms with Crippen LogP contribution in [0, 0.1) is 5.92 Å². The van der Waals surface area contributed by atoms with E-state index in [1.807, 2.05) is 6.07 Å². The minimum Gasteiger partial charge on any atom is -0.453 e. The molecule has 1 atom stereocenters. The highest BCUT2D eigenvalue weighted by atomic mass is 35.5. The van der Waals surface area contributed by atoms with Crippen molar-refractivity contribution in [3.8, 4) is 0 Å². The van der Waals surface area contributed by atoms with Crippen molar-refractivity contribution in [2.75, 3.05) is 0 Å². The third-order valence-electron chi connectivity index (χ3n) is 2.63. The van der Waals surface area contributed by atoms with Gasteiger partial charge in [0.1, 0.15) is 0 Å². The highest BCUT2D eigenvalue weighted by molar-refractivity contribution is 6.29. The topological polar surface area (TPSA) is 39.2 Å². The van der Waals surface area contributed by atoms with Gasteiger partial charge in [-0.3, -0.25) is 0 Å². The molecule has 72 valence electrons. The van der Waals surface area contributed by atoms with Crippen LogP contribution in [-0.4, -0.2) is 0 Å². The van der Waals surface area contributed by atoms with Crippen LogP contribution in [0.3, 0.4) is 0 Å². The van der Waals surface area contributed by atoms with E-state index in [0.717, 1.165) is 17.9 Å². The second kappa shape index (κ2) is 3.72. The molecule has 1 heterocycles. The fourth-order valence-electron chi connectivity index (χ4n) is 1.55. The molecular formula is C10H14ClNO. The zero-order valence-electron chi connectivity index (χ0n) is 7.50. The molecule has 0 radical (unpaired) electrons. The molecule has 0 spiro atoms. The predicted molar refractivity (Wildman–Crippen MR) is 52.6 cm³/mol. The highest BCUT2D eigenvalue weighted by Gasteiger charge is 2.22. The van der Waals surface area contributed by atoms with Crippen LogP contribution in [0.2, 0.25) is 5.22 Å². The van der Waals surface area contributed by atoms with Crippen molar-refractivity contribution < 1.29 is 4.42 Å². The molecule has 13 heavy (non-hydrogen) atoms. The number of nitrogens with two attached hydrogens (primary N) is 1. The first-order chi connectivity index (χ1) is 6.27. The lowest BCUT2D eigenvalue weighted by atomic mass is 10.0. The summed E-state index contributed by atoms with van der Waals surface area (Å²) in [5.74, 6) is 0.928. The monoisotopic (exact) mass is 199 g/mol. The molecule has 1 aliphatic carbocycles. The quantitative estimate of drug-likeness (QED) is 0.810. The first kappa shape index (κ1) is 9.10. The molecule has 0 amide bonds. The van der Waals surface area contributed by atoms with E-state index in [1.54, 1.807) is 6.26 Å². The zero-order chi connectivity index (χ0) is 9.26. The van der Waals surface area contributed by atoms with Crippen LogP contribution in [0.5, 0.6) is 0 Å². The lowest BCUT2D eigenvalue weighted by molar-refractivity contribution is 0.543. The average molecular weight is 200 g/mol. The van der Waals surface area contributed by atoms with Gasteiger partial charge in [-0.05, 0) is 36.4 Å². The number of rotatable bonds is 4. The Labute approximate surface area is 83.1 Å². The van der Waals surface area contributed by atoms with E-state index in [9.17, 15) is 0 Å².